The Labute approximate surface area is 156 Å². The molecule has 0 amide bonds. The molecule has 4 aromatic rings. The Bertz CT molecular complexity index is 1070. The average molecular weight is 361 g/mol. The summed E-state index contributed by atoms with van der Waals surface area (Å²) in [6, 6.07) is 13.7. The molecule has 0 spiro atoms. The number of fused-ring (bicyclic) bond motifs is 1. The second kappa shape index (κ2) is 6.77. The summed E-state index contributed by atoms with van der Waals surface area (Å²) >= 11 is 1.67. The van der Waals surface area contributed by atoms with Crippen molar-refractivity contribution < 1.29 is 5.11 Å². The summed E-state index contributed by atoms with van der Waals surface area (Å²) in [6.45, 7) is 4.12. The van der Waals surface area contributed by atoms with Crippen LogP contribution in [0.3, 0.4) is 0 Å². The molecule has 4 nitrogen and oxygen atoms in total. The number of nitrogens with one attached hydrogen (secondary N) is 1. The van der Waals surface area contributed by atoms with E-state index in [0.717, 1.165) is 27.2 Å². The maximum atomic E-state index is 10.9. The van der Waals surface area contributed by atoms with Gasteiger partial charge in [0, 0.05) is 28.2 Å². The predicted octanol–water partition coefficient (Wildman–Crippen LogP) is 5.22. The molecule has 5 heteroatoms. The van der Waals surface area contributed by atoms with E-state index in [0.29, 0.717) is 5.52 Å². The minimum atomic E-state index is -0.198. The number of pyridine rings is 2. The van der Waals surface area contributed by atoms with Gasteiger partial charge in [-0.2, -0.15) is 0 Å². The Morgan fingerprint density at radius 1 is 1.04 bits per heavy atom. The summed E-state index contributed by atoms with van der Waals surface area (Å²) in [5, 5.41) is 17.4. The van der Waals surface area contributed by atoms with E-state index in [1.165, 1.54) is 5.56 Å². The van der Waals surface area contributed by atoms with Crippen LogP contribution >= 0.6 is 11.3 Å². The molecule has 0 unspecified atom stereocenters. The molecule has 4 rings (SSSR count). The molecule has 0 saturated heterocycles. The Kier molecular flexibility index (Phi) is 4.31. The molecule has 0 aliphatic carbocycles. The van der Waals surface area contributed by atoms with Crippen LogP contribution in [0.25, 0.3) is 10.9 Å². The van der Waals surface area contributed by atoms with Crippen LogP contribution in [-0.4, -0.2) is 15.1 Å². The zero-order chi connectivity index (χ0) is 18.1. The molecule has 1 atom stereocenters. The molecule has 0 fully saturated rings. The lowest BCUT2D eigenvalue weighted by molar-refractivity contribution is 0.472. The van der Waals surface area contributed by atoms with E-state index in [1.54, 1.807) is 23.7 Å². The van der Waals surface area contributed by atoms with Gasteiger partial charge in [0.05, 0.1) is 6.04 Å². The monoisotopic (exact) mass is 361 g/mol. The first-order chi connectivity index (χ1) is 12.6. The zero-order valence-corrected chi connectivity index (χ0v) is 15.4. The number of aryl methyl sites for hydroxylation is 2. The summed E-state index contributed by atoms with van der Waals surface area (Å²) in [5.41, 5.74) is 3.72. The Balaban J connectivity index is 1.86. The number of benzene rings is 1. The number of phenols is 1. The van der Waals surface area contributed by atoms with E-state index in [1.807, 2.05) is 43.3 Å². The third kappa shape index (κ3) is 3.02. The van der Waals surface area contributed by atoms with Crippen molar-refractivity contribution >= 4 is 28.1 Å². The molecule has 0 aliphatic rings. The summed E-state index contributed by atoms with van der Waals surface area (Å²) in [7, 11) is 0. The van der Waals surface area contributed by atoms with Gasteiger partial charge in [-0.15, -0.1) is 11.3 Å². The number of nitrogens with zero attached hydrogens (tertiary/aromatic N) is 2. The lowest BCUT2D eigenvalue weighted by Crippen LogP contribution is -2.13. The van der Waals surface area contributed by atoms with Gasteiger partial charge < -0.3 is 10.4 Å². The summed E-state index contributed by atoms with van der Waals surface area (Å²) < 4.78 is 0. The molecule has 0 saturated carbocycles. The molecule has 3 heterocycles. The maximum Gasteiger partial charge on any atom is 0.147 e. The summed E-state index contributed by atoms with van der Waals surface area (Å²) in [4.78, 5) is 9.94. The number of phenolic OH excluding ortho intramolecular Hbond substituents is 1. The molecule has 3 aromatic heterocycles. The first kappa shape index (κ1) is 16.5. The van der Waals surface area contributed by atoms with Gasteiger partial charge in [-0.05, 0) is 54.6 Å². The zero-order valence-electron chi connectivity index (χ0n) is 14.6. The van der Waals surface area contributed by atoms with Crippen LogP contribution in [-0.2, 0) is 0 Å². The topological polar surface area (TPSA) is 58.0 Å². The van der Waals surface area contributed by atoms with E-state index < -0.39 is 0 Å². The van der Waals surface area contributed by atoms with Crippen LogP contribution in [0.2, 0.25) is 0 Å². The molecule has 2 N–H and O–H groups in total. The number of aromatic nitrogens is 2. The number of anilines is 1. The van der Waals surface area contributed by atoms with Crippen LogP contribution in [0.4, 0.5) is 5.82 Å². The van der Waals surface area contributed by atoms with Crippen LogP contribution in [0.5, 0.6) is 5.75 Å². The normalized spacial score (nSPS) is 12.2. The molecule has 1 aromatic carbocycles. The van der Waals surface area contributed by atoms with Crippen molar-refractivity contribution in [3.8, 4) is 5.75 Å². The van der Waals surface area contributed by atoms with Crippen LogP contribution in [0.1, 0.15) is 27.6 Å². The fourth-order valence-electron chi connectivity index (χ4n) is 3.11. The third-order valence-corrected chi connectivity index (χ3v) is 5.55. The van der Waals surface area contributed by atoms with Gasteiger partial charge in [0.2, 0.25) is 0 Å². The molecular weight excluding hydrogens is 342 g/mol. The van der Waals surface area contributed by atoms with Crippen molar-refractivity contribution in [1.29, 1.82) is 0 Å². The Morgan fingerprint density at radius 3 is 2.69 bits per heavy atom. The van der Waals surface area contributed by atoms with Crippen LogP contribution < -0.4 is 5.32 Å². The average Bonchev–Trinajstić information content (AvgIpc) is 3.07. The van der Waals surface area contributed by atoms with E-state index in [4.69, 9.17) is 0 Å². The first-order valence-corrected chi connectivity index (χ1v) is 9.31. The molecule has 26 heavy (non-hydrogen) atoms. The number of aromatic hydroxyl groups is 1. The van der Waals surface area contributed by atoms with E-state index in [9.17, 15) is 5.11 Å². The lowest BCUT2D eigenvalue weighted by Gasteiger charge is -2.21. The first-order valence-electron chi connectivity index (χ1n) is 8.43. The number of rotatable bonds is 4. The summed E-state index contributed by atoms with van der Waals surface area (Å²) in [6.07, 6.45) is 3.49. The van der Waals surface area contributed by atoms with Gasteiger partial charge in [0.15, 0.2) is 0 Å². The van der Waals surface area contributed by atoms with E-state index >= 15 is 0 Å². The van der Waals surface area contributed by atoms with Crippen molar-refractivity contribution in [3.05, 3.63) is 81.8 Å². The minimum Gasteiger partial charge on any atom is -0.505 e. The number of hydrogen-bond donors (Lipinski definition) is 2. The van der Waals surface area contributed by atoms with Crippen LogP contribution in [0.15, 0.2) is 60.2 Å². The standard InChI is InChI=1S/C21H19N3OS/c1-13-7-10-22-17(12-13)24-19(21-14(2)8-11-26-21)16-6-5-15-4-3-9-23-18(15)20(16)25/h3-12,19,25H,1-2H3,(H,22,24)/t19-/m0/s1. The van der Waals surface area contributed by atoms with Crippen LogP contribution in [0, 0.1) is 13.8 Å². The minimum absolute atomic E-state index is 0.198. The number of hydrogen-bond acceptors (Lipinski definition) is 5. The predicted molar refractivity (Wildman–Crippen MR) is 107 cm³/mol. The highest BCUT2D eigenvalue weighted by Crippen LogP contribution is 2.39. The second-order valence-electron chi connectivity index (χ2n) is 6.34. The molecule has 130 valence electrons. The fourth-order valence-corrected chi connectivity index (χ4v) is 4.10. The van der Waals surface area contributed by atoms with E-state index in [-0.39, 0.29) is 11.8 Å². The molecular formula is C21H19N3OS. The van der Waals surface area contributed by atoms with Crippen molar-refractivity contribution in [2.45, 2.75) is 19.9 Å². The maximum absolute atomic E-state index is 10.9. The second-order valence-corrected chi connectivity index (χ2v) is 7.29. The van der Waals surface area contributed by atoms with Gasteiger partial charge in [-0.3, -0.25) is 4.98 Å². The highest BCUT2D eigenvalue weighted by molar-refractivity contribution is 7.10. The van der Waals surface area contributed by atoms with Crippen molar-refractivity contribution in [1.82, 2.24) is 9.97 Å². The highest BCUT2D eigenvalue weighted by Gasteiger charge is 2.22. The molecule has 0 bridgehead atoms. The Morgan fingerprint density at radius 2 is 1.92 bits per heavy atom. The van der Waals surface area contributed by atoms with Crippen molar-refractivity contribution in [2.24, 2.45) is 0 Å². The lowest BCUT2D eigenvalue weighted by atomic mass is 9.99. The number of thiophene rings is 1. The SMILES string of the molecule is Cc1ccnc(N[C@@H](c2ccc3cccnc3c2O)c2sccc2C)c1. The van der Waals surface area contributed by atoms with Crippen molar-refractivity contribution in [3.63, 3.8) is 0 Å². The van der Waals surface area contributed by atoms with Crippen molar-refractivity contribution in [2.75, 3.05) is 5.32 Å². The molecule has 0 aliphatic heterocycles. The van der Waals surface area contributed by atoms with Gasteiger partial charge in [0.1, 0.15) is 17.1 Å². The van der Waals surface area contributed by atoms with Gasteiger partial charge in [0.25, 0.3) is 0 Å². The largest absolute Gasteiger partial charge is 0.505 e. The van der Waals surface area contributed by atoms with E-state index in [2.05, 4.69) is 33.7 Å². The van der Waals surface area contributed by atoms with Gasteiger partial charge >= 0.3 is 0 Å². The molecule has 0 radical (unpaired) electrons. The summed E-state index contributed by atoms with van der Waals surface area (Å²) in [5.74, 6) is 0.990. The smallest absolute Gasteiger partial charge is 0.147 e. The Hall–Kier alpha value is -2.92. The van der Waals surface area contributed by atoms with Gasteiger partial charge in [-0.1, -0.05) is 18.2 Å². The third-order valence-electron chi connectivity index (χ3n) is 4.46. The van der Waals surface area contributed by atoms with Gasteiger partial charge in [-0.25, -0.2) is 4.98 Å². The quantitative estimate of drug-likeness (QED) is 0.523. The fraction of sp³-hybridized carbons (Fsp3) is 0.143. The highest BCUT2D eigenvalue weighted by atomic mass is 32.1.